The molecule has 1 aromatic rings. The van der Waals surface area contributed by atoms with Crippen molar-refractivity contribution in [1.29, 1.82) is 0 Å². The van der Waals surface area contributed by atoms with Crippen LogP contribution in [0.2, 0.25) is 0 Å². The van der Waals surface area contributed by atoms with E-state index in [1.54, 1.807) is 0 Å². The molecular formula is C18H28N2O2S. The molecule has 0 aromatic heterocycles. The van der Waals surface area contributed by atoms with Crippen molar-refractivity contribution >= 4 is 22.5 Å². The molecule has 128 valence electrons. The van der Waals surface area contributed by atoms with E-state index < -0.39 is 10.8 Å². The van der Waals surface area contributed by atoms with Crippen molar-refractivity contribution < 1.29 is 9.00 Å². The van der Waals surface area contributed by atoms with Crippen LogP contribution in [0.1, 0.15) is 57.4 Å². The van der Waals surface area contributed by atoms with E-state index in [-0.39, 0.29) is 6.03 Å². The maximum Gasteiger partial charge on any atom is 0.319 e. The normalized spacial score (nSPS) is 16.7. The highest BCUT2D eigenvalue weighted by atomic mass is 32.2. The van der Waals surface area contributed by atoms with Gasteiger partial charge < -0.3 is 10.6 Å². The Morgan fingerprint density at radius 1 is 1.26 bits per heavy atom. The molecule has 0 radical (unpaired) electrons. The second kappa shape index (κ2) is 9.71. The van der Waals surface area contributed by atoms with Gasteiger partial charge in [-0.3, -0.25) is 4.21 Å². The standard InChI is InChI=1S/C18H28N2O2S/c1-2-3-12-19-18(21)20-16-9-7-8-15(13-16)14-23(22)17-10-5-4-6-11-17/h7-9,13,17H,2-6,10-12,14H2,1H3,(H2,19,20,21)/t23-/m0/s1. The molecule has 23 heavy (non-hydrogen) atoms. The smallest absolute Gasteiger partial charge is 0.319 e. The number of amides is 2. The number of hydrogen-bond donors (Lipinski definition) is 2. The molecule has 0 aliphatic heterocycles. The van der Waals surface area contributed by atoms with Crippen LogP contribution in [-0.2, 0) is 16.6 Å². The fourth-order valence-electron chi connectivity index (χ4n) is 2.90. The highest BCUT2D eigenvalue weighted by molar-refractivity contribution is 7.84. The van der Waals surface area contributed by atoms with Gasteiger partial charge in [0.05, 0.1) is 0 Å². The zero-order valence-electron chi connectivity index (χ0n) is 14.0. The van der Waals surface area contributed by atoms with Gasteiger partial charge in [-0.05, 0) is 37.0 Å². The fourth-order valence-corrected chi connectivity index (χ4v) is 4.51. The van der Waals surface area contributed by atoms with Crippen LogP contribution in [0, 0.1) is 0 Å². The first-order chi connectivity index (χ1) is 11.2. The average Bonchev–Trinajstić information content (AvgIpc) is 2.56. The van der Waals surface area contributed by atoms with Gasteiger partial charge in [0, 0.05) is 34.0 Å². The lowest BCUT2D eigenvalue weighted by molar-refractivity contribution is 0.252. The summed E-state index contributed by atoms with van der Waals surface area (Å²) in [7, 11) is -0.813. The van der Waals surface area contributed by atoms with Crippen LogP contribution in [0.4, 0.5) is 10.5 Å². The topological polar surface area (TPSA) is 58.2 Å². The van der Waals surface area contributed by atoms with Crippen molar-refractivity contribution in [3.63, 3.8) is 0 Å². The van der Waals surface area contributed by atoms with E-state index >= 15 is 0 Å². The maximum atomic E-state index is 12.5. The molecule has 1 atom stereocenters. The zero-order valence-corrected chi connectivity index (χ0v) is 14.8. The summed E-state index contributed by atoms with van der Waals surface area (Å²) < 4.78 is 12.5. The summed E-state index contributed by atoms with van der Waals surface area (Å²) in [6.45, 7) is 2.78. The van der Waals surface area contributed by atoms with Crippen molar-refractivity contribution in [2.45, 2.75) is 62.9 Å². The van der Waals surface area contributed by atoms with E-state index in [0.29, 0.717) is 17.5 Å². The van der Waals surface area contributed by atoms with E-state index in [9.17, 15) is 9.00 Å². The SMILES string of the molecule is CCCCNC(=O)Nc1cccc(C[S@](=O)C2CCCCC2)c1. The Morgan fingerprint density at radius 3 is 2.78 bits per heavy atom. The van der Waals surface area contributed by atoms with Gasteiger partial charge in [-0.2, -0.15) is 0 Å². The number of anilines is 1. The zero-order chi connectivity index (χ0) is 16.5. The highest BCUT2D eigenvalue weighted by Gasteiger charge is 2.19. The van der Waals surface area contributed by atoms with Gasteiger partial charge >= 0.3 is 6.03 Å². The number of urea groups is 1. The van der Waals surface area contributed by atoms with Gasteiger partial charge in [0.15, 0.2) is 0 Å². The highest BCUT2D eigenvalue weighted by Crippen LogP contribution is 2.24. The van der Waals surface area contributed by atoms with Gasteiger partial charge in [0.25, 0.3) is 0 Å². The molecule has 0 spiro atoms. The Kier molecular flexibility index (Phi) is 7.59. The Hall–Kier alpha value is -1.36. The number of rotatable bonds is 7. The van der Waals surface area contributed by atoms with E-state index in [0.717, 1.165) is 36.9 Å². The molecule has 2 N–H and O–H groups in total. The first-order valence-corrected chi connectivity index (χ1v) is 10.1. The lowest BCUT2D eigenvalue weighted by Gasteiger charge is -2.21. The number of nitrogens with one attached hydrogen (secondary N) is 2. The van der Waals surface area contributed by atoms with Gasteiger partial charge in [0.1, 0.15) is 0 Å². The number of carbonyl (C=O) groups is 1. The van der Waals surface area contributed by atoms with Crippen LogP contribution in [0.3, 0.4) is 0 Å². The molecule has 2 amide bonds. The molecule has 1 aromatic carbocycles. The third kappa shape index (κ3) is 6.34. The minimum Gasteiger partial charge on any atom is -0.338 e. The second-order valence-corrected chi connectivity index (χ2v) is 7.94. The summed E-state index contributed by atoms with van der Waals surface area (Å²) in [5.41, 5.74) is 1.79. The lowest BCUT2D eigenvalue weighted by Crippen LogP contribution is -2.29. The molecule has 4 nitrogen and oxygen atoms in total. The number of unbranched alkanes of at least 4 members (excludes halogenated alkanes) is 1. The molecule has 5 heteroatoms. The number of benzene rings is 1. The molecular weight excluding hydrogens is 308 g/mol. The maximum absolute atomic E-state index is 12.5. The first kappa shape index (κ1) is 18.0. The summed E-state index contributed by atoms with van der Waals surface area (Å²) >= 11 is 0. The summed E-state index contributed by atoms with van der Waals surface area (Å²) in [5.74, 6) is 0.581. The minimum absolute atomic E-state index is 0.177. The van der Waals surface area contributed by atoms with Crippen LogP contribution < -0.4 is 10.6 Å². The van der Waals surface area contributed by atoms with Crippen molar-refractivity contribution in [2.75, 3.05) is 11.9 Å². The molecule has 0 saturated heterocycles. The van der Waals surface area contributed by atoms with Gasteiger partial charge in [0.2, 0.25) is 0 Å². The second-order valence-electron chi connectivity index (χ2n) is 6.22. The summed E-state index contributed by atoms with van der Waals surface area (Å²) in [5, 5.41) is 6.02. The molecule has 1 fully saturated rings. The summed E-state index contributed by atoms with van der Waals surface area (Å²) in [4.78, 5) is 11.8. The third-order valence-electron chi connectivity index (χ3n) is 4.23. The van der Waals surface area contributed by atoms with Crippen molar-refractivity contribution in [3.05, 3.63) is 29.8 Å². The summed E-state index contributed by atoms with van der Waals surface area (Å²) in [6, 6.07) is 7.52. The van der Waals surface area contributed by atoms with Crippen LogP contribution in [0.15, 0.2) is 24.3 Å². The van der Waals surface area contributed by atoms with E-state index in [2.05, 4.69) is 17.6 Å². The average molecular weight is 337 g/mol. The van der Waals surface area contributed by atoms with E-state index in [4.69, 9.17) is 0 Å². The fraction of sp³-hybridized carbons (Fsp3) is 0.611. The van der Waals surface area contributed by atoms with Crippen LogP contribution in [-0.4, -0.2) is 22.0 Å². The van der Waals surface area contributed by atoms with Crippen molar-refractivity contribution in [2.24, 2.45) is 0 Å². The van der Waals surface area contributed by atoms with Gasteiger partial charge in [-0.25, -0.2) is 4.79 Å². The van der Waals surface area contributed by atoms with E-state index in [1.165, 1.54) is 19.3 Å². The van der Waals surface area contributed by atoms with Crippen molar-refractivity contribution in [3.8, 4) is 0 Å². The molecule has 0 unspecified atom stereocenters. The molecule has 1 saturated carbocycles. The molecule has 0 heterocycles. The lowest BCUT2D eigenvalue weighted by atomic mass is 10.0. The Labute approximate surface area is 141 Å². The largest absolute Gasteiger partial charge is 0.338 e. The van der Waals surface area contributed by atoms with Gasteiger partial charge in [-0.15, -0.1) is 0 Å². The number of hydrogen-bond acceptors (Lipinski definition) is 2. The van der Waals surface area contributed by atoms with Gasteiger partial charge in [-0.1, -0.05) is 44.7 Å². The Bertz CT molecular complexity index is 528. The van der Waals surface area contributed by atoms with Crippen LogP contribution in [0.25, 0.3) is 0 Å². The quantitative estimate of drug-likeness (QED) is 0.734. The molecule has 1 aliphatic carbocycles. The number of carbonyl (C=O) groups excluding carboxylic acids is 1. The Morgan fingerprint density at radius 2 is 2.04 bits per heavy atom. The van der Waals surface area contributed by atoms with Crippen LogP contribution >= 0.6 is 0 Å². The predicted molar refractivity (Wildman–Crippen MR) is 97.1 cm³/mol. The van der Waals surface area contributed by atoms with Crippen LogP contribution in [0.5, 0.6) is 0 Å². The first-order valence-electron chi connectivity index (χ1n) is 8.70. The molecule has 1 aliphatic rings. The third-order valence-corrected chi connectivity index (χ3v) is 6.07. The minimum atomic E-state index is -0.813. The monoisotopic (exact) mass is 336 g/mol. The summed E-state index contributed by atoms with van der Waals surface area (Å²) in [6.07, 6.45) is 7.90. The van der Waals surface area contributed by atoms with Crippen molar-refractivity contribution in [1.82, 2.24) is 5.32 Å². The molecule has 2 rings (SSSR count). The van der Waals surface area contributed by atoms with E-state index in [1.807, 2.05) is 24.3 Å². The molecule has 0 bridgehead atoms. The Balaban J connectivity index is 1.86. The predicted octanol–water partition coefficient (Wildman–Crippen LogP) is 4.19.